The van der Waals surface area contributed by atoms with Crippen LogP contribution >= 0.6 is 0 Å². The van der Waals surface area contributed by atoms with E-state index in [1.54, 1.807) is 18.2 Å². The number of fused-ring (bicyclic) bond motifs is 2. The maximum atomic E-state index is 14.3. The molecule has 2 aromatic carbocycles. The van der Waals surface area contributed by atoms with Gasteiger partial charge in [0, 0.05) is 34.6 Å². The molecule has 0 saturated heterocycles. The lowest BCUT2D eigenvalue weighted by atomic mass is 9.75. The van der Waals surface area contributed by atoms with Gasteiger partial charge in [-0.2, -0.15) is 0 Å². The summed E-state index contributed by atoms with van der Waals surface area (Å²) >= 11 is 0. The Morgan fingerprint density at radius 2 is 1.48 bits per heavy atom. The number of carbonyl (C=O) groups excluding carboxylic acids is 3. The van der Waals surface area contributed by atoms with E-state index in [-0.39, 0.29) is 28.8 Å². The normalized spacial score (nSPS) is 19.4. The molecule has 124 valence electrons. The summed E-state index contributed by atoms with van der Waals surface area (Å²) in [5, 5.41) is 2.59. The van der Waals surface area contributed by atoms with Crippen molar-refractivity contribution in [2.45, 2.75) is 12.3 Å². The van der Waals surface area contributed by atoms with E-state index < -0.39 is 35.0 Å². The minimum absolute atomic E-state index is 0.0627. The molecular formula is C19H11F2NO3. The minimum Gasteiger partial charge on any atom is -0.325 e. The van der Waals surface area contributed by atoms with E-state index in [4.69, 9.17) is 0 Å². The van der Waals surface area contributed by atoms with Crippen molar-refractivity contribution in [3.05, 3.63) is 76.4 Å². The van der Waals surface area contributed by atoms with Crippen LogP contribution in [0.3, 0.4) is 0 Å². The Hall–Kier alpha value is -3.15. The SMILES string of the molecule is O=C1CC(c2c(F)cccc2F)C2=C(N1)c1ccccc1C(=O)C2=O. The van der Waals surface area contributed by atoms with Crippen molar-refractivity contribution in [3.63, 3.8) is 0 Å². The highest BCUT2D eigenvalue weighted by molar-refractivity contribution is 6.53. The molecule has 0 saturated carbocycles. The predicted octanol–water partition coefficient (Wildman–Crippen LogP) is 2.75. The van der Waals surface area contributed by atoms with Gasteiger partial charge in [0.2, 0.25) is 17.5 Å². The third kappa shape index (κ3) is 2.21. The molecule has 1 heterocycles. The minimum atomic E-state index is -1.14. The molecule has 1 aliphatic carbocycles. The van der Waals surface area contributed by atoms with Crippen LogP contribution in [-0.2, 0) is 9.59 Å². The molecule has 4 nitrogen and oxygen atoms in total. The number of rotatable bonds is 1. The number of halogens is 2. The van der Waals surface area contributed by atoms with Crippen LogP contribution in [0.15, 0.2) is 48.0 Å². The number of ketones is 2. The summed E-state index contributed by atoms with van der Waals surface area (Å²) in [6, 6.07) is 9.67. The molecular weight excluding hydrogens is 328 g/mol. The van der Waals surface area contributed by atoms with E-state index in [1.165, 1.54) is 12.1 Å². The van der Waals surface area contributed by atoms with E-state index in [9.17, 15) is 23.2 Å². The molecule has 0 bridgehead atoms. The summed E-state index contributed by atoms with van der Waals surface area (Å²) in [6.45, 7) is 0. The average Bonchev–Trinajstić information content (AvgIpc) is 2.59. The van der Waals surface area contributed by atoms with Gasteiger partial charge < -0.3 is 5.32 Å². The first-order valence-corrected chi connectivity index (χ1v) is 7.65. The molecule has 1 atom stereocenters. The molecule has 1 amide bonds. The standard InChI is InChI=1S/C19H11F2NO3/c20-12-6-3-7-13(21)15(12)11-8-14(23)22-17-9-4-1-2-5-10(9)18(24)19(25)16(11)17/h1-7,11H,8H2,(H,22,23). The van der Waals surface area contributed by atoms with Gasteiger partial charge in [-0.05, 0) is 12.1 Å². The quantitative estimate of drug-likeness (QED) is 0.813. The van der Waals surface area contributed by atoms with Crippen LogP contribution in [0.1, 0.15) is 33.8 Å². The summed E-state index contributed by atoms with van der Waals surface area (Å²) in [5.41, 5.74) is 0.278. The van der Waals surface area contributed by atoms with Gasteiger partial charge in [0.05, 0.1) is 5.70 Å². The van der Waals surface area contributed by atoms with Crippen LogP contribution in [0.25, 0.3) is 5.70 Å². The smallest absolute Gasteiger partial charge is 0.233 e. The fourth-order valence-electron chi connectivity index (χ4n) is 3.44. The number of nitrogens with one attached hydrogen (secondary N) is 1. The van der Waals surface area contributed by atoms with Crippen molar-refractivity contribution < 1.29 is 23.2 Å². The fraction of sp³-hybridized carbons (Fsp3) is 0.105. The Balaban J connectivity index is 2.01. The first-order valence-electron chi connectivity index (χ1n) is 7.65. The first-order chi connectivity index (χ1) is 12.0. The van der Waals surface area contributed by atoms with Crippen molar-refractivity contribution >= 4 is 23.2 Å². The molecule has 1 aliphatic heterocycles. The van der Waals surface area contributed by atoms with Crippen LogP contribution in [0.2, 0.25) is 0 Å². The maximum Gasteiger partial charge on any atom is 0.233 e. The number of hydrogen-bond donors (Lipinski definition) is 1. The van der Waals surface area contributed by atoms with Crippen LogP contribution in [-0.4, -0.2) is 17.5 Å². The molecule has 2 aromatic rings. The number of amides is 1. The van der Waals surface area contributed by atoms with E-state index >= 15 is 0 Å². The number of carbonyl (C=O) groups is 3. The topological polar surface area (TPSA) is 63.2 Å². The second-order valence-electron chi connectivity index (χ2n) is 5.93. The van der Waals surface area contributed by atoms with E-state index in [2.05, 4.69) is 5.32 Å². The molecule has 0 fully saturated rings. The van der Waals surface area contributed by atoms with Crippen LogP contribution < -0.4 is 5.32 Å². The summed E-state index contributed by atoms with van der Waals surface area (Å²) in [7, 11) is 0. The molecule has 1 N–H and O–H groups in total. The number of hydrogen-bond acceptors (Lipinski definition) is 3. The first kappa shape index (κ1) is 15.4. The lowest BCUT2D eigenvalue weighted by Crippen LogP contribution is -2.39. The van der Waals surface area contributed by atoms with Gasteiger partial charge in [0.15, 0.2) is 0 Å². The van der Waals surface area contributed by atoms with E-state index in [0.29, 0.717) is 5.56 Å². The molecule has 25 heavy (non-hydrogen) atoms. The Bertz CT molecular complexity index is 974. The zero-order valence-corrected chi connectivity index (χ0v) is 12.8. The van der Waals surface area contributed by atoms with Gasteiger partial charge in [-0.1, -0.05) is 30.3 Å². The molecule has 4 rings (SSSR count). The van der Waals surface area contributed by atoms with Gasteiger partial charge in [-0.15, -0.1) is 0 Å². The summed E-state index contributed by atoms with van der Waals surface area (Å²) in [4.78, 5) is 37.2. The van der Waals surface area contributed by atoms with Gasteiger partial charge in [0.1, 0.15) is 11.6 Å². The molecule has 6 heteroatoms. The van der Waals surface area contributed by atoms with Gasteiger partial charge in [-0.3, -0.25) is 14.4 Å². The van der Waals surface area contributed by atoms with Crippen LogP contribution in [0.4, 0.5) is 8.78 Å². The summed E-state index contributed by atoms with van der Waals surface area (Å²) in [5.74, 6) is -4.91. The second kappa shape index (κ2) is 5.44. The van der Waals surface area contributed by atoms with Crippen molar-refractivity contribution in [1.82, 2.24) is 5.32 Å². The number of Topliss-reactive ketones (excluding diaryl/α,β-unsaturated/α-hetero) is 2. The molecule has 2 aliphatic rings. The van der Waals surface area contributed by atoms with Gasteiger partial charge in [-0.25, -0.2) is 8.78 Å². The third-order valence-corrected chi connectivity index (χ3v) is 4.51. The van der Waals surface area contributed by atoms with Gasteiger partial charge >= 0.3 is 0 Å². The fourth-order valence-corrected chi connectivity index (χ4v) is 3.44. The lowest BCUT2D eigenvalue weighted by Gasteiger charge is -2.31. The summed E-state index contributed by atoms with van der Waals surface area (Å²) < 4.78 is 28.5. The van der Waals surface area contributed by atoms with E-state index in [0.717, 1.165) is 12.1 Å². The summed E-state index contributed by atoms with van der Waals surface area (Å²) in [6.07, 6.45) is -0.308. The zero-order chi connectivity index (χ0) is 17.7. The highest BCUT2D eigenvalue weighted by Gasteiger charge is 2.42. The van der Waals surface area contributed by atoms with Crippen molar-refractivity contribution in [2.75, 3.05) is 0 Å². The maximum absolute atomic E-state index is 14.3. The van der Waals surface area contributed by atoms with Crippen molar-refractivity contribution in [2.24, 2.45) is 0 Å². The molecule has 0 aromatic heterocycles. The Morgan fingerprint density at radius 3 is 2.16 bits per heavy atom. The highest BCUT2D eigenvalue weighted by atomic mass is 19.1. The van der Waals surface area contributed by atoms with Crippen molar-refractivity contribution in [3.8, 4) is 0 Å². The molecule has 1 unspecified atom stereocenters. The average molecular weight is 339 g/mol. The predicted molar refractivity (Wildman–Crippen MR) is 84.6 cm³/mol. The Kier molecular flexibility index (Phi) is 3.35. The Morgan fingerprint density at radius 1 is 0.840 bits per heavy atom. The van der Waals surface area contributed by atoms with Crippen molar-refractivity contribution in [1.29, 1.82) is 0 Å². The largest absolute Gasteiger partial charge is 0.325 e. The Labute approximate surface area is 141 Å². The monoisotopic (exact) mass is 339 g/mol. The molecule has 0 radical (unpaired) electrons. The zero-order valence-electron chi connectivity index (χ0n) is 12.8. The third-order valence-electron chi connectivity index (χ3n) is 4.51. The van der Waals surface area contributed by atoms with Crippen LogP contribution in [0, 0.1) is 11.6 Å². The molecule has 0 spiro atoms. The number of benzene rings is 2. The second-order valence-corrected chi connectivity index (χ2v) is 5.93. The van der Waals surface area contributed by atoms with Gasteiger partial charge in [0.25, 0.3) is 0 Å². The highest BCUT2D eigenvalue weighted by Crippen LogP contribution is 2.42. The lowest BCUT2D eigenvalue weighted by molar-refractivity contribution is -0.120. The van der Waals surface area contributed by atoms with Crippen LogP contribution in [0.5, 0.6) is 0 Å². The number of allylic oxidation sites excluding steroid dienone is 1. The van der Waals surface area contributed by atoms with E-state index in [1.807, 2.05) is 0 Å².